The second-order valence-corrected chi connectivity index (χ2v) is 5.36. The van der Waals surface area contributed by atoms with E-state index in [1.54, 1.807) is 17.7 Å². The molecule has 3 rings (SSSR count). The lowest BCUT2D eigenvalue weighted by Crippen LogP contribution is -2.07. The van der Waals surface area contributed by atoms with Crippen LogP contribution >= 0.6 is 11.3 Å². The van der Waals surface area contributed by atoms with Crippen molar-refractivity contribution < 1.29 is 0 Å². The molecule has 0 aliphatic rings. The van der Waals surface area contributed by atoms with E-state index in [1.165, 1.54) is 4.88 Å². The Morgan fingerprint density at radius 2 is 2.16 bits per heavy atom. The Kier molecular flexibility index (Phi) is 3.05. The SMILES string of the molecule is CC(Nc1ncnc2cc(N)ccc12)c1cccs1. The Balaban J connectivity index is 1.97. The first-order valence-corrected chi connectivity index (χ1v) is 6.92. The summed E-state index contributed by atoms with van der Waals surface area (Å²) in [5, 5.41) is 6.49. The molecular formula is C14H14N4S. The van der Waals surface area contributed by atoms with E-state index in [0.717, 1.165) is 16.7 Å². The highest BCUT2D eigenvalue weighted by Gasteiger charge is 2.09. The molecule has 0 aliphatic heterocycles. The highest BCUT2D eigenvalue weighted by molar-refractivity contribution is 7.10. The molecule has 1 atom stereocenters. The van der Waals surface area contributed by atoms with Crippen molar-refractivity contribution in [3.63, 3.8) is 0 Å². The van der Waals surface area contributed by atoms with Gasteiger partial charge in [0.05, 0.1) is 11.6 Å². The molecule has 96 valence electrons. The van der Waals surface area contributed by atoms with Crippen molar-refractivity contribution in [1.29, 1.82) is 0 Å². The van der Waals surface area contributed by atoms with Gasteiger partial charge in [0.25, 0.3) is 0 Å². The zero-order valence-electron chi connectivity index (χ0n) is 10.5. The van der Waals surface area contributed by atoms with Crippen molar-refractivity contribution in [2.75, 3.05) is 11.1 Å². The first-order chi connectivity index (χ1) is 9.24. The van der Waals surface area contributed by atoms with E-state index in [9.17, 15) is 0 Å². The fraction of sp³-hybridized carbons (Fsp3) is 0.143. The lowest BCUT2D eigenvalue weighted by molar-refractivity contribution is 0.898. The number of hydrogen-bond acceptors (Lipinski definition) is 5. The molecule has 19 heavy (non-hydrogen) atoms. The van der Waals surface area contributed by atoms with Crippen molar-refractivity contribution in [2.45, 2.75) is 13.0 Å². The average Bonchev–Trinajstić information content (AvgIpc) is 2.92. The second-order valence-electron chi connectivity index (χ2n) is 4.38. The predicted octanol–water partition coefficient (Wildman–Crippen LogP) is 3.45. The lowest BCUT2D eigenvalue weighted by atomic mass is 10.2. The molecule has 4 nitrogen and oxygen atoms in total. The number of fused-ring (bicyclic) bond motifs is 1. The minimum absolute atomic E-state index is 0.218. The van der Waals surface area contributed by atoms with Gasteiger partial charge >= 0.3 is 0 Å². The zero-order valence-corrected chi connectivity index (χ0v) is 11.3. The van der Waals surface area contributed by atoms with Crippen LogP contribution in [0.5, 0.6) is 0 Å². The van der Waals surface area contributed by atoms with Crippen molar-refractivity contribution in [3.8, 4) is 0 Å². The number of nitrogen functional groups attached to an aromatic ring is 1. The van der Waals surface area contributed by atoms with Crippen LogP contribution in [-0.4, -0.2) is 9.97 Å². The second kappa shape index (κ2) is 4.85. The van der Waals surface area contributed by atoms with Crippen LogP contribution in [0.2, 0.25) is 0 Å². The number of aromatic nitrogens is 2. The maximum Gasteiger partial charge on any atom is 0.137 e. The van der Waals surface area contributed by atoms with Crippen molar-refractivity contribution >= 4 is 33.7 Å². The van der Waals surface area contributed by atoms with Crippen LogP contribution in [0.25, 0.3) is 10.9 Å². The van der Waals surface area contributed by atoms with Crippen LogP contribution in [0.15, 0.2) is 42.0 Å². The molecule has 2 heterocycles. The number of thiophene rings is 1. The maximum absolute atomic E-state index is 5.77. The minimum Gasteiger partial charge on any atom is -0.399 e. The predicted molar refractivity (Wildman–Crippen MR) is 80.3 cm³/mol. The first kappa shape index (κ1) is 11.9. The maximum atomic E-state index is 5.77. The number of anilines is 2. The van der Waals surface area contributed by atoms with Crippen LogP contribution in [0.1, 0.15) is 17.8 Å². The molecule has 3 N–H and O–H groups in total. The van der Waals surface area contributed by atoms with Gasteiger partial charge in [-0.1, -0.05) is 6.07 Å². The van der Waals surface area contributed by atoms with Crippen LogP contribution < -0.4 is 11.1 Å². The largest absolute Gasteiger partial charge is 0.399 e. The number of nitrogens with two attached hydrogens (primary N) is 1. The Morgan fingerprint density at radius 1 is 1.26 bits per heavy atom. The summed E-state index contributed by atoms with van der Waals surface area (Å²) in [6.45, 7) is 2.12. The first-order valence-electron chi connectivity index (χ1n) is 6.04. The normalized spacial score (nSPS) is 12.5. The Hall–Kier alpha value is -2.14. The highest BCUT2D eigenvalue weighted by Crippen LogP contribution is 2.26. The Labute approximate surface area is 115 Å². The molecule has 0 fully saturated rings. The highest BCUT2D eigenvalue weighted by atomic mass is 32.1. The third-order valence-electron chi connectivity index (χ3n) is 2.98. The van der Waals surface area contributed by atoms with Crippen molar-refractivity contribution in [1.82, 2.24) is 9.97 Å². The molecule has 1 unspecified atom stereocenters. The summed E-state index contributed by atoms with van der Waals surface area (Å²) in [5.74, 6) is 0.839. The van der Waals surface area contributed by atoms with Crippen LogP contribution in [0, 0.1) is 0 Å². The zero-order chi connectivity index (χ0) is 13.2. The summed E-state index contributed by atoms with van der Waals surface area (Å²) in [6, 6.07) is 10.1. The van der Waals surface area contributed by atoms with Gasteiger partial charge in [-0.15, -0.1) is 11.3 Å². The molecule has 0 spiro atoms. The van der Waals surface area contributed by atoms with Crippen molar-refractivity contribution in [2.24, 2.45) is 0 Å². The number of benzene rings is 1. The third kappa shape index (κ3) is 2.37. The molecule has 0 radical (unpaired) electrons. The van der Waals surface area contributed by atoms with Crippen molar-refractivity contribution in [3.05, 3.63) is 46.9 Å². The molecule has 2 aromatic heterocycles. The number of nitrogens with one attached hydrogen (secondary N) is 1. The average molecular weight is 270 g/mol. The molecule has 0 saturated heterocycles. The van der Waals surface area contributed by atoms with Gasteiger partial charge in [0.1, 0.15) is 12.1 Å². The Bertz CT molecular complexity index is 694. The molecule has 5 heteroatoms. The standard InChI is InChI=1S/C14H14N4S/c1-9(13-3-2-6-19-13)18-14-11-5-4-10(15)7-12(11)16-8-17-14/h2-9H,15H2,1H3,(H,16,17,18). The Morgan fingerprint density at radius 3 is 2.95 bits per heavy atom. The van der Waals surface area contributed by atoms with E-state index in [1.807, 2.05) is 18.2 Å². The van der Waals surface area contributed by atoms with E-state index < -0.39 is 0 Å². The smallest absolute Gasteiger partial charge is 0.137 e. The van der Waals surface area contributed by atoms with Gasteiger partial charge in [-0.2, -0.15) is 0 Å². The quantitative estimate of drug-likeness (QED) is 0.715. The number of hydrogen-bond donors (Lipinski definition) is 2. The van der Waals surface area contributed by atoms with E-state index in [0.29, 0.717) is 5.69 Å². The summed E-state index contributed by atoms with van der Waals surface area (Å²) in [7, 11) is 0. The van der Waals surface area contributed by atoms with Crippen LogP contribution in [-0.2, 0) is 0 Å². The molecule has 0 bridgehead atoms. The van der Waals surface area contributed by atoms with Gasteiger partial charge in [-0.3, -0.25) is 0 Å². The summed E-state index contributed by atoms with van der Waals surface area (Å²) in [6.07, 6.45) is 1.56. The molecular weight excluding hydrogens is 256 g/mol. The fourth-order valence-corrected chi connectivity index (χ4v) is 2.74. The molecule has 0 amide bonds. The minimum atomic E-state index is 0.218. The number of nitrogens with zero attached hydrogens (tertiary/aromatic N) is 2. The molecule has 3 aromatic rings. The van der Waals surface area contributed by atoms with Gasteiger partial charge in [-0.05, 0) is 36.6 Å². The van der Waals surface area contributed by atoms with Crippen LogP contribution in [0.3, 0.4) is 0 Å². The van der Waals surface area contributed by atoms with E-state index >= 15 is 0 Å². The summed E-state index contributed by atoms with van der Waals surface area (Å²) in [4.78, 5) is 9.85. The summed E-state index contributed by atoms with van der Waals surface area (Å²) >= 11 is 1.73. The topological polar surface area (TPSA) is 63.8 Å². The third-order valence-corrected chi connectivity index (χ3v) is 4.04. The van der Waals surface area contributed by atoms with Crippen LogP contribution in [0.4, 0.5) is 11.5 Å². The van der Waals surface area contributed by atoms with Gasteiger partial charge in [-0.25, -0.2) is 9.97 Å². The molecule has 1 aromatic carbocycles. The molecule has 0 saturated carbocycles. The summed E-state index contributed by atoms with van der Waals surface area (Å²) < 4.78 is 0. The van der Waals surface area contributed by atoms with E-state index in [-0.39, 0.29) is 6.04 Å². The molecule has 0 aliphatic carbocycles. The van der Waals surface area contributed by atoms with E-state index in [2.05, 4.69) is 39.7 Å². The summed E-state index contributed by atoms with van der Waals surface area (Å²) in [5.41, 5.74) is 7.34. The van der Waals surface area contributed by atoms with Gasteiger partial charge in [0.2, 0.25) is 0 Å². The number of rotatable bonds is 3. The monoisotopic (exact) mass is 270 g/mol. The lowest BCUT2D eigenvalue weighted by Gasteiger charge is -2.14. The van der Waals surface area contributed by atoms with Gasteiger partial charge in [0.15, 0.2) is 0 Å². The fourth-order valence-electron chi connectivity index (χ4n) is 2.00. The van der Waals surface area contributed by atoms with Gasteiger partial charge in [0, 0.05) is 16.0 Å². The van der Waals surface area contributed by atoms with E-state index in [4.69, 9.17) is 5.73 Å². The van der Waals surface area contributed by atoms with Gasteiger partial charge < -0.3 is 11.1 Å².